The van der Waals surface area contributed by atoms with Gasteiger partial charge in [0.1, 0.15) is 11.4 Å². The number of aryl methyl sites for hydroxylation is 1. The molecule has 3 heteroatoms. The van der Waals surface area contributed by atoms with Gasteiger partial charge in [-0.25, -0.2) is 0 Å². The highest BCUT2D eigenvalue weighted by Gasteiger charge is 2.41. The normalized spacial score (nSPS) is 16.3. The van der Waals surface area contributed by atoms with Crippen molar-refractivity contribution in [3.63, 3.8) is 0 Å². The SMILES string of the molecule is CCCCc1ccc(OC2(CC(=O)OC)CCC2)cc1. The highest BCUT2D eigenvalue weighted by atomic mass is 16.5. The minimum Gasteiger partial charge on any atom is -0.487 e. The molecule has 1 saturated carbocycles. The topological polar surface area (TPSA) is 35.5 Å². The second-order valence-corrected chi connectivity index (χ2v) is 5.64. The molecular formula is C17H24O3. The van der Waals surface area contributed by atoms with E-state index in [1.54, 1.807) is 0 Å². The molecule has 0 saturated heterocycles. The quantitative estimate of drug-likeness (QED) is 0.709. The van der Waals surface area contributed by atoms with Crippen LogP contribution in [0.1, 0.15) is 51.0 Å². The number of esters is 1. The molecule has 0 bridgehead atoms. The number of hydrogen-bond donors (Lipinski definition) is 0. The van der Waals surface area contributed by atoms with Gasteiger partial charge in [-0.2, -0.15) is 0 Å². The molecule has 0 unspecified atom stereocenters. The lowest BCUT2D eigenvalue weighted by Gasteiger charge is -2.41. The lowest BCUT2D eigenvalue weighted by molar-refractivity contribution is -0.148. The number of unbranched alkanes of at least 4 members (excludes halogenated alkanes) is 1. The molecule has 0 N–H and O–H groups in total. The predicted molar refractivity (Wildman–Crippen MR) is 78.9 cm³/mol. The van der Waals surface area contributed by atoms with E-state index < -0.39 is 0 Å². The van der Waals surface area contributed by atoms with Crippen molar-refractivity contribution in [2.24, 2.45) is 0 Å². The summed E-state index contributed by atoms with van der Waals surface area (Å²) >= 11 is 0. The van der Waals surface area contributed by atoms with Crippen molar-refractivity contribution in [2.45, 2.75) is 57.5 Å². The van der Waals surface area contributed by atoms with Gasteiger partial charge in [-0.3, -0.25) is 4.79 Å². The van der Waals surface area contributed by atoms with Crippen LogP contribution in [0.25, 0.3) is 0 Å². The van der Waals surface area contributed by atoms with Gasteiger partial charge in [-0.05, 0) is 49.8 Å². The average molecular weight is 276 g/mol. The first-order valence-corrected chi connectivity index (χ1v) is 7.52. The van der Waals surface area contributed by atoms with Gasteiger partial charge in [0.15, 0.2) is 0 Å². The largest absolute Gasteiger partial charge is 0.487 e. The smallest absolute Gasteiger partial charge is 0.309 e. The molecule has 0 radical (unpaired) electrons. The van der Waals surface area contributed by atoms with E-state index in [0.29, 0.717) is 6.42 Å². The van der Waals surface area contributed by atoms with E-state index in [-0.39, 0.29) is 11.6 Å². The molecule has 110 valence electrons. The van der Waals surface area contributed by atoms with Crippen molar-refractivity contribution < 1.29 is 14.3 Å². The van der Waals surface area contributed by atoms with E-state index in [2.05, 4.69) is 19.1 Å². The zero-order valence-corrected chi connectivity index (χ0v) is 12.5. The number of ether oxygens (including phenoxy) is 2. The lowest BCUT2D eigenvalue weighted by atomic mass is 9.77. The van der Waals surface area contributed by atoms with Gasteiger partial charge in [0.25, 0.3) is 0 Å². The number of carbonyl (C=O) groups excluding carboxylic acids is 1. The third-order valence-corrected chi connectivity index (χ3v) is 4.04. The summed E-state index contributed by atoms with van der Waals surface area (Å²) in [5.41, 5.74) is 1.01. The minimum atomic E-state index is -0.335. The maximum absolute atomic E-state index is 11.5. The first-order chi connectivity index (χ1) is 9.67. The summed E-state index contributed by atoms with van der Waals surface area (Å²) in [5, 5.41) is 0. The van der Waals surface area contributed by atoms with Crippen LogP contribution in [0, 0.1) is 0 Å². The van der Waals surface area contributed by atoms with E-state index in [0.717, 1.165) is 31.4 Å². The minimum absolute atomic E-state index is 0.190. The van der Waals surface area contributed by atoms with Crippen LogP contribution < -0.4 is 4.74 Å². The van der Waals surface area contributed by atoms with E-state index in [4.69, 9.17) is 9.47 Å². The van der Waals surface area contributed by atoms with Crippen molar-refractivity contribution in [1.29, 1.82) is 0 Å². The molecule has 0 amide bonds. The van der Waals surface area contributed by atoms with Gasteiger partial charge in [0.2, 0.25) is 0 Å². The van der Waals surface area contributed by atoms with Crippen molar-refractivity contribution in [3.05, 3.63) is 29.8 Å². The molecule has 1 aliphatic carbocycles. The van der Waals surface area contributed by atoms with Crippen LogP contribution in [0.2, 0.25) is 0 Å². The molecule has 1 aromatic carbocycles. The fourth-order valence-corrected chi connectivity index (χ4v) is 2.58. The summed E-state index contributed by atoms with van der Waals surface area (Å²) in [6.07, 6.45) is 6.86. The Labute approximate surface area is 121 Å². The Hall–Kier alpha value is -1.51. The van der Waals surface area contributed by atoms with Crippen molar-refractivity contribution in [2.75, 3.05) is 7.11 Å². The maximum Gasteiger partial charge on any atom is 0.309 e. The van der Waals surface area contributed by atoms with Gasteiger partial charge in [0, 0.05) is 0 Å². The predicted octanol–water partition coefficient (Wildman–Crippen LogP) is 3.89. The zero-order valence-electron chi connectivity index (χ0n) is 12.5. The van der Waals surface area contributed by atoms with Crippen LogP contribution in [0.15, 0.2) is 24.3 Å². The fourth-order valence-electron chi connectivity index (χ4n) is 2.58. The Bertz CT molecular complexity index is 432. The second kappa shape index (κ2) is 6.78. The summed E-state index contributed by atoms with van der Waals surface area (Å²) in [4.78, 5) is 11.5. The van der Waals surface area contributed by atoms with Crippen LogP contribution in [-0.4, -0.2) is 18.7 Å². The van der Waals surface area contributed by atoms with Gasteiger partial charge in [0.05, 0.1) is 13.5 Å². The van der Waals surface area contributed by atoms with E-state index >= 15 is 0 Å². The monoisotopic (exact) mass is 276 g/mol. The lowest BCUT2D eigenvalue weighted by Crippen LogP contribution is -2.45. The Morgan fingerprint density at radius 1 is 1.25 bits per heavy atom. The van der Waals surface area contributed by atoms with Crippen LogP contribution in [-0.2, 0) is 16.0 Å². The van der Waals surface area contributed by atoms with Crippen molar-refractivity contribution >= 4 is 5.97 Å². The molecule has 0 heterocycles. The molecule has 0 aromatic heterocycles. The Balaban J connectivity index is 1.95. The fraction of sp³-hybridized carbons (Fsp3) is 0.588. The van der Waals surface area contributed by atoms with Crippen LogP contribution in [0.4, 0.5) is 0 Å². The van der Waals surface area contributed by atoms with E-state index in [1.807, 2.05) is 12.1 Å². The second-order valence-electron chi connectivity index (χ2n) is 5.64. The van der Waals surface area contributed by atoms with Gasteiger partial charge in [-0.1, -0.05) is 25.5 Å². The number of carbonyl (C=O) groups is 1. The zero-order chi connectivity index (χ0) is 14.4. The Morgan fingerprint density at radius 3 is 2.45 bits per heavy atom. The molecule has 1 aromatic rings. The van der Waals surface area contributed by atoms with Gasteiger partial charge < -0.3 is 9.47 Å². The van der Waals surface area contributed by atoms with Crippen LogP contribution in [0.5, 0.6) is 5.75 Å². The van der Waals surface area contributed by atoms with E-state index in [1.165, 1.54) is 25.5 Å². The highest BCUT2D eigenvalue weighted by molar-refractivity contribution is 5.70. The van der Waals surface area contributed by atoms with Gasteiger partial charge in [-0.15, -0.1) is 0 Å². The third-order valence-electron chi connectivity index (χ3n) is 4.04. The van der Waals surface area contributed by atoms with Crippen LogP contribution in [0.3, 0.4) is 0 Å². The standard InChI is InChI=1S/C17H24O3/c1-3-4-6-14-7-9-15(10-8-14)20-17(11-5-12-17)13-16(18)19-2/h7-10H,3-6,11-13H2,1-2H3. The number of hydrogen-bond acceptors (Lipinski definition) is 3. The molecule has 0 atom stereocenters. The van der Waals surface area contributed by atoms with E-state index in [9.17, 15) is 4.79 Å². The molecule has 0 spiro atoms. The van der Waals surface area contributed by atoms with Crippen molar-refractivity contribution in [3.8, 4) is 5.75 Å². The summed E-state index contributed by atoms with van der Waals surface area (Å²) in [6.45, 7) is 2.20. The first-order valence-electron chi connectivity index (χ1n) is 7.52. The molecule has 1 aliphatic rings. The molecule has 2 rings (SSSR count). The summed E-state index contributed by atoms with van der Waals surface area (Å²) < 4.78 is 10.8. The van der Waals surface area contributed by atoms with Crippen molar-refractivity contribution in [1.82, 2.24) is 0 Å². The first kappa shape index (κ1) is 14.9. The molecule has 1 fully saturated rings. The molecular weight excluding hydrogens is 252 g/mol. The summed E-state index contributed by atoms with van der Waals surface area (Å²) in [5.74, 6) is 0.665. The summed E-state index contributed by atoms with van der Waals surface area (Å²) in [7, 11) is 1.43. The molecule has 0 aliphatic heterocycles. The number of methoxy groups -OCH3 is 1. The maximum atomic E-state index is 11.5. The summed E-state index contributed by atoms with van der Waals surface area (Å²) in [6, 6.07) is 8.27. The molecule has 3 nitrogen and oxygen atoms in total. The highest BCUT2D eigenvalue weighted by Crippen LogP contribution is 2.39. The third kappa shape index (κ3) is 3.75. The van der Waals surface area contributed by atoms with Gasteiger partial charge >= 0.3 is 5.97 Å². The van der Waals surface area contributed by atoms with Crippen LogP contribution >= 0.6 is 0 Å². The Morgan fingerprint density at radius 2 is 1.95 bits per heavy atom. The molecule has 20 heavy (non-hydrogen) atoms. The Kier molecular flexibility index (Phi) is 5.05. The number of rotatable bonds is 7. The number of benzene rings is 1. The average Bonchev–Trinajstić information content (AvgIpc) is 2.44.